The van der Waals surface area contributed by atoms with E-state index in [2.05, 4.69) is 21.2 Å². The van der Waals surface area contributed by atoms with Crippen LogP contribution in [0.5, 0.6) is 0 Å². The first-order valence-corrected chi connectivity index (χ1v) is 8.55. The summed E-state index contributed by atoms with van der Waals surface area (Å²) in [5, 5.41) is 2.75. The number of nitrogens with one attached hydrogen (secondary N) is 1. The summed E-state index contributed by atoms with van der Waals surface area (Å²) in [6, 6.07) is 6.57. The highest BCUT2D eigenvalue weighted by atomic mass is 79.9. The van der Waals surface area contributed by atoms with Gasteiger partial charge in [-0.1, -0.05) is 15.9 Å². The third-order valence-corrected chi connectivity index (χ3v) is 4.86. The van der Waals surface area contributed by atoms with Crippen LogP contribution < -0.4 is 5.32 Å². The third kappa shape index (κ3) is 3.55. The molecule has 0 aliphatic carbocycles. The molecule has 0 radical (unpaired) electrons. The number of rotatable bonds is 3. The van der Waals surface area contributed by atoms with Gasteiger partial charge in [0.25, 0.3) is 0 Å². The van der Waals surface area contributed by atoms with E-state index in [-0.39, 0.29) is 5.91 Å². The molecule has 1 saturated heterocycles. The molecule has 1 aliphatic rings. The van der Waals surface area contributed by atoms with Crippen molar-refractivity contribution in [2.24, 2.45) is 0 Å². The Hall–Kier alpha value is -0.920. The molecule has 5 nitrogen and oxygen atoms in total. The lowest BCUT2D eigenvalue weighted by Gasteiger charge is -2.21. The lowest BCUT2D eigenvalue weighted by molar-refractivity contribution is -0.119. The zero-order chi connectivity index (χ0) is 14.0. The Labute approximate surface area is 121 Å². The van der Waals surface area contributed by atoms with Crippen LogP contribution in [0.2, 0.25) is 0 Å². The monoisotopic (exact) mass is 346 g/mol. The molecule has 1 aromatic carbocycles. The zero-order valence-corrected chi connectivity index (χ0v) is 12.9. The zero-order valence-electron chi connectivity index (χ0n) is 10.5. The van der Waals surface area contributed by atoms with E-state index in [1.165, 1.54) is 4.31 Å². The van der Waals surface area contributed by atoms with Crippen LogP contribution in [0.25, 0.3) is 0 Å². The maximum absolute atomic E-state index is 12.1. The molecular weight excluding hydrogens is 332 g/mol. The molecule has 1 heterocycles. The predicted octanol–water partition coefficient (Wildman–Crippen LogP) is 1.81. The van der Waals surface area contributed by atoms with E-state index in [9.17, 15) is 13.2 Å². The molecule has 1 aliphatic heterocycles. The highest BCUT2D eigenvalue weighted by molar-refractivity contribution is 9.10. The molecule has 1 N–H and O–H groups in total. The molecule has 0 saturated carbocycles. The van der Waals surface area contributed by atoms with Gasteiger partial charge in [0.05, 0.1) is 6.26 Å². The SMILES string of the molecule is CS(=O)(=O)N1CCC[C@@H]1C(=O)Nc1ccc(Br)cc1. The molecular formula is C12H15BrN2O3S. The van der Waals surface area contributed by atoms with Gasteiger partial charge in [-0.05, 0) is 37.1 Å². The van der Waals surface area contributed by atoms with E-state index in [4.69, 9.17) is 0 Å². The smallest absolute Gasteiger partial charge is 0.242 e. The van der Waals surface area contributed by atoms with Gasteiger partial charge in [0, 0.05) is 16.7 Å². The second-order valence-electron chi connectivity index (χ2n) is 4.53. The number of amides is 1. The fraction of sp³-hybridized carbons (Fsp3) is 0.417. The van der Waals surface area contributed by atoms with Crippen molar-refractivity contribution < 1.29 is 13.2 Å². The van der Waals surface area contributed by atoms with Crippen LogP contribution >= 0.6 is 15.9 Å². The van der Waals surface area contributed by atoms with E-state index in [0.29, 0.717) is 25.1 Å². The second-order valence-corrected chi connectivity index (χ2v) is 7.38. The van der Waals surface area contributed by atoms with Gasteiger partial charge in [-0.3, -0.25) is 4.79 Å². The van der Waals surface area contributed by atoms with E-state index in [1.807, 2.05) is 12.1 Å². The fourth-order valence-corrected chi connectivity index (χ4v) is 3.55. The standard InChI is InChI=1S/C12H15BrN2O3S/c1-19(17,18)15-8-2-3-11(15)12(16)14-10-6-4-9(13)5-7-10/h4-7,11H,2-3,8H2,1H3,(H,14,16)/t11-/m1/s1. The summed E-state index contributed by atoms with van der Waals surface area (Å²) in [6.45, 7) is 0.414. The van der Waals surface area contributed by atoms with Gasteiger partial charge >= 0.3 is 0 Å². The predicted molar refractivity (Wildman–Crippen MR) is 77.3 cm³/mol. The number of hydrogen-bond donors (Lipinski definition) is 1. The van der Waals surface area contributed by atoms with E-state index in [1.54, 1.807) is 12.1 Å². The summed E-state index contributed by atoms with van der Waals surface area (Å²) in [5.41, 5.74) is 0.661. The van der Waals surface area contributed by atoms with Crippen LogP contribution in [0.1, 0.15) is 12.8 Å². The third-order valence-electron chi connectivity index (χ3n) is 3.04. The summed E-state index contributed by atoms with van der Waals surface area (Å²) in [7, 11) is -3.33. The molecule has 0 aromatic heterocycles. The summed E-state index contributed by atoms with van der Waals surface area (Å²) >= 11 is 3.31. The molecule has 0 spiro atoms. The molecule has 7 heteroatoms. The first-order valence-electron chi connectivity index (χ1n) is 5.91. The molecule has 1 atom stereocenters. The molecule has 0 bridgehead atoms. The highest BCUT2D eigenvalue weighted by Gasteiger charge is 2.36. The van der Waals surface area contributed by atoms with Gasteiger partial charge in [0.15, 0.2) is 0 Å². The summed E-state index contributed by atoms with van der Waals surface area (Å²) in [6.07, 6.45) is 2.42. The Kier molecular flexibility index (Phi) is 4.27. The summed E-state index contributed by atoms with van der Waals surface area (Å²) in [5.74, 6) is -0.273. The van der Waals surface area contributed by atoms with Crippen LogP contribution in [-0.4, -0.2) is 37.5 Å². The van der Waals surface area contributed by atoms with Crippen molar-refractivity contribution in [3.63, 3.8) is 0 Å². The van der Waals surface area contributed by atoms with Gasteiger partial charge in [0.1, 0.15) is 6.04 Å². The number of benzene rings is 1. The van der Waals surface area contributed by atoms with Crippen molar-refractivity contribution in [2.75, 3.05) is 18.1 Å². The molecule has 1 fully saturated rings. The van der Waals surface area contributed by atoms with Crippen molar-refractivity contribution in [3.05, 3.63) is 28.7 Å². The maximum Gasteiger partial charge on any atom is 0.242 e. The van der Waals surface area contributed by atoms with Gasteiger partial charge in [-0.2, -0.15) is 4.31 Å². The number of nitrogens with zero attached hydrogens (tertiary/aromatic N) is 1. The lowest BCUT2D eigenvalue weighted by atomic mass is 10.2. The second kappa shape index (κ2) is 5.60. The Morgan fingerprint density at radius 2 is 2.00 bits per heavy atom. The first-order chi connectivity index (χ1) is 8.88. The van der Waals surface area contributed by atoms with Crippen LogP contribution in [-0.2, 0) is 14.8 Å². The molecule has 104 valence electrons. The molecule has 2 rings (SSSR count). The Morgan fingerprint density at radius 3 is 2.58 bits per heavy atom. The van der Waals surface area contributed by atoms with E-state index < -0.39 is 16.1 Å². The van der Waals surface area contributed by atoms with Crippen molar-refractivity contribution in [1.29, 1.82) is 0 Å². The summed E-state index contributed by atoms with van der Waals surface area (Å²) < 4.78 is 25.4. The molecule has 19 heavy (non-hydrogen) atoms. The number of sulfonamides is 1. The van der Waals surface area contributed by atoms with Crippen LogP contribution in [0, 0.1) is 0 Å². The van der Waals surface area contributed by atoms with Crippen LogP contribution in [0.3, 0.4) is 0 Å². The van der Waals surface area contributed by atoms with Crippen molar-refractivity contribution in [2.45, 2.75) is 18.9 Å². The Balaban J connectivity index is 2.09. The number of carbonyl (C=O) groups is 1. The number of carbonyl (C=O) groups excluding carboxylic acids is 1. The topological polar surface area (TPSA) is 66.5 Å². The summed E-state index contributed by atoms with van der Waals surface area (Å²) in [4.78, 5) is 12.1. The van der Waals surface area contributed by atoms with Gasteiger partial charge in [-0.15, -0.1) is 0 Å². The fourth-order valence-electron chi connectivity index (χ4n) is 2.16. The molecule has 1 amide bonds. The number of anilines is 1. The van der Waals surface area contributed by atoms with Gasteiger partial charge < -0.3 is 5.32 Å². The minimum absolute atomic E-state index is 0.273. The minimum Gasteiger partial charge on any atom is -0.325 e. The lowest BCUT2D eigenvalue weighted by Crippen LogP contribution is -2.42. The highest BCUT2D eigenvalue weighted by Crippen LogP contribution is 2.22. The molecule has 1 aromatic rings. The van der Waals surface area contributed by atoms with Crippen molar-refractivity contribution >= 4 is 37.5 Å². The first kappa shape index (κ1) is 14.5. The van der Waals surface area contributed by atoms with Crippen LogP contribution in [0.4, 0.5) is 5.69 Å². The van der Waals surface area contributed by atoms with Crippen LogP contribution in [0.15, 0.2) is 28.7 Å². The minimum atomic E-state index is -3.33. The number of halogens is 1. The van der Waals surface area contributed by atoms with Crippen molar-refractivity contribution in [1.82, 2.24) is 4.31 Å². The van der Waals surface area contributed by atoms with Gasteiger partial charge in [-0.25, -0.2) is 8.42 Å². The average Bonchev–Trinajstić information content (AvgIpc) is 2.81. The number of hydrogen-bond acceptors (Lipinski definition) is 3. The largest absolute Gasteiger partial charge is 0.325 e. The Bertz CT molecular complexity index is 571. The molecule has 0 unspecified atom stereocenters. The Morgan fingerprint density at radius 1 is 1.37 bits per heavy atom. The normalized spacial score (nSPS) is 20.4. The van der Waals surface area contributed by atoms with Crippen molar-refractivity contribution in [3.8, 4) is 0 Å². The average molecular weight is 347 g/mol. The van der Waals surface area contributed by atoms with E-state index >= 15 is 0 Å². The maximum atomic E-state index is 12.1. The van der Waals surface area contributed by atoms with Gasteiger partial charge in [0.2, 0.25) is 15.9 Å². The quantitative estimate of drug-likeness (QED) is 0.907. The van der Waals surface area contributed by atoms with E-state index in [0.717, 1.165) is 10.7 Å².